The summed E-state index contributed by atoms with van der Waals surface area (Å²) in [4.78, 5) is 12.3. The lowest BCUT2D eigenvalue weighted by atomic mass is 10.1. The van der Waals surface area contributed by atoms with Gasteiger partial charge in [-0.05, 0) is 65.2 Å². The van der Waals surface area contributed by atoms with Crippen molar-refractivity contribution < 1.29 is 9.53 Å². The third-order valence-electron chi connectivity index (χ3n) is 4.15. The Labute approximate surface area is 177 Å². The molecule has 3 aromatic rings. The van der Waals surface area contributed by atoms with Crippen LogP contribution in [0.15, 0.2) is 59.2 Å². The van der Waals surface area contributed by atoms with E-state index < -0.39 is 0 Å². The molecular formula is C21H21BrClN3O2. The van der Waals surface area contributed by atoms with Crippen LogP contribution in [0.25, 0.3) is 0 Å². The molecule has 0 saturated carbocycles. The summed E-state index contributed by atoms with van der Waals surface area (Å²) in [5.41, 5.74) is 2.57. The second-order valence-corrected chi connectivity index (χ2v) is 7.67. The van der Waals surface area contributed by atoms with E-state index >= 15 is 0 Å². The van der Waals surface area contributed by atoms with Crippen molar-refractivity contribution in [2.24, 2.45) is 0 Å². The molecule has 0 aliphatic heterocycles. The van der Waals surface area contributed by atoms with Gasteiger partial charge in [-0.25, -0.2) is 0 Å². The summed E-state index contributed by atoms with van der Waals surface area (Å²) in [6.07, 6.45) is 2.76. The number of nitrogens with one attached hydrogen (secondary N) is 1. The van der Waals surface area contributed by atoms with Crippen LogP contribution in [-0.4, -0.2) is 22.2 Å². The molecule has 0 spiro atoms. The molecule has 0 fully saturated rings. The Balaban J connectivity index is 1.42. The van der Waals surface area contributed by atoms with E-state index in [1.165, 1.54) is 0 Å². The molecule has 7 heteroatoms. The lowest BCUT2D eigenvalue weighted by Crippen LogP contribution is -2.25. The summed E-state index contributed by atoms with van der Waals surface area (Å²) in [7, 11) is 0. The number of rotatable bonds is 8. The van der Waals surface area contributed by atoms with Crippen LogP contribution in [0.2, 0.25) is 5.02 Å². The predicted octanol–water partition coefficient (Wildman–Crippen LogP) is 5.01. The molecule has 1 heterocycles. The SMILES string of the molecule is Cc1nn(CCCNC(=O)c2ccc(COc3cccc(Cl)c3)cc2)cc1Br. The van der Waals surface area contributed by atoms with E-state index in [2.05, 4.69) is 26.3 Å². The van der Waals surface area contributed by atoms with Gasteiger partial charge in [-0.2, -0.15) is 5.10 Å². The summed E-state index contributed by atoms with van der Waals surface area (Å²) < 4.78 is 8.58. The molecule has 0 aliphatic carbocycles. The topological polar surface area (TPSA) is 56.2 Å². The monoisotopic (exact) mass is 461 g/mol. The van der Waals surface area contributed by atoms with Crippen LogP contribution in [0.4, 0.5) is 0 Å². The molecule has 5 nitrogen and oxygen atoms in total. The van der Waals surface area contributed by atoms with Crippen LogP contribution in [0.1, 0.15) is 28.0 Å². The Hall–Kier alpha value is -2.31. The quantitative estimate of drug-likeness (QED) is 0.479. The maximum absolute atomic E-state index is 12.3. The van der Waals surface area contributed by atoms with Crippen molar-refractivity contribution in [1.82, 2.24) is 15.1 Å². The van der Waals surface area contributed by atoms with Crippen molar-refractivity contribution in [3.05, 3.63) is 81.0 Å². The van der Waals surface area contributed by atoms with Crippen molar-refractivity contribution in [2.45, 2.75) is 26.5 Å². The first-order valence-corrected chi connectivity index (χ1v) is 10.1. The Morgan fingerprint density at radius 3 is 2.71 bits per heavy atom. The highest BCUT2D eigenvalue weighted by atomic mass is 79.9. The molecular weight excluding hydrogens is 442 g/mol. The van der Waals surface area contributed by atoms with E-state index in [0.717, 1.165) is 28.7 Å². The minimum atomic E-state index is -0.0832. The summed E-state index contributed by atoms with van der Waals surface area (Å²) in [5, 5.41) is 7.95. The Morgan fingerprint density at radius 2 is 2.04 bits per heavy atom. The van der Waals surface area contributed by atoms with Crippen LogP contribution >= 0.6 is 27.5 Å². The lowest BCUT2D eigenvalue weighted by molar-refractivity contribution is 0.0952. The molecule has 1 amide bonds. The van der Waals surface area contributed by atoms with Gasteiger partial charge in [0, 0.05) is 29.9 Å². The Morgan fingerprint density at radius 1 is 1.25 bits per heavy atom. The number of benzene rings is 2. The van der Waals surface area contributed by atoms with Gasteiger partial charge in [-0.15, -0.1) is 0 Å². The summed E-state index contributed by atoms with van der Waals surface area (Å²) in [6.45, 7) is 3.72. The number of carbonyl (C=O) groups excluding carboxylic acids is 1. The molecule has 0 saturated heterocycles. The minimum absolute atomic E-state index is 0.0832. The molecule has 0 unspecified atom stereocenters. The van der Waals surface area contributed by atoms with Gasteiger partial charge in [0.1, 0.15) is 12.4 Å². The molecule has 146 valence electrons. The van der Waals surface area contributed by atoms with E-state index in [-0.39, 0.29) is 5.91 Å². The maximum atomic E-state index is 12.3. The fraction of sp³-hybridized carbons (Fsp3) is 0.238. The number of hydrogen-bond acceptors (Lipinski definition) is 3. The Bertz CT molecular complexity index is 922. The number of hydrogen-bond donors (Lipinski definition) is 1. The first-order valence-electron chi connectivity index (χ1n) is 8.96. The number of aromatic nitrogens is 2. The van der Waals surface area contributed by atoms with Gasteiger partial charge >= 0.3 is 0 Å². The van der Waals surface area contributed by atoms with Crippen LogP contribution in [0, 0.1) is 6.92 Å². The zero-order chi connectivity index (χ0) is 19.9. The van der Waals surface area contributed by atoms with Crippen molar-refractivity contribution in [2.75, 3.05) is 6.54 Å². The highest BCUT2D eigenvalue weighted by molar-refractivity contribution is 9.10. The first-order chi connectivity index (χ1) is 13.5. The van der Waals surface area contributed by atoms with Gasteiger partial charge in [-0.3, -0.25) is 9.48 Å². The average molecular weight is 463 g/mol. The number of carbonyl (C=O) groups is 1. The van der Waals surface area contributed by atoms with Crippen molar-refractivity contribution >= 4 is 33.4 Å². The number of ether oxygens (including phenoxy) is 1. The highest BCUT2D eigenvalue weighted by Gasteiger charge is 2.06. The van der Waals surface area contributed by atoms with E-state index in [1.807, 2.05) is 42.1 Å². The van der Waals surface area contributed by atoms with E-state index in [9.17, 15) is 4.79 Å². The fourth-order valence-corrected chi connectivity index (χ4v) is 3.12. The molecule has 0 radical (unpaired) electrons. The molecule has 28 heavy (non-hydrogen) atoms. The van der Waals surface area contributed by atoms with Crippen LogP contribution in [0.3, 0.4) is 0 Å². The van der Waals surface area contributed by atoms with Gasteiger partial charge in [0.05, 0.1) is 10.2 Å². The zero-order valence-corrected chi connectivity index (χ0v) is 17.8. The number of nitrogens with zero attached hydrogens (tertiary/aromatic N) is 2. The molecule has 1 N–H and O–H groups in total. The van der Waals surface area contributed by atoms with Crippen LogP contribution < -0.4 is 10.1 Å². The highest BCUT2D eigenvalue weighted by Crippen LogP contribution is 2.18. The van der Waals surface area contributed by atoms with Gasteiger partial charge in [0.15, 0.2) is 0 Å². The van der Waals surface area contributed by atoms with Crippen molar-refractivity contribution in [3.63, 3.8) is 0 Å². The van der Waals surface area contributed by atoms with Crippen molar-refractivity contribution in [1.29, 1.82) is 0 Å². The summed E-state index contributed by atoms with van der Waals surface area (Å²) in [5.74, 6) is 0.633. The largest absolute Gasteiger partial charge is 0.489 e. The number of aryl methyl sites for hydroxylation is 2. The standard InChI is InChI=1S/C21H21BrClN3O2/c1-15-20(22)13-26(25-15)11-3-10-24-21(27)17-8-6-16(7-9-17)14-28-19-5-2-4-18(23)12-19/h2,4-9,12-13H,3,10-11,14H2,1H3,(H,24,27). The average Bonchev–Trinajstić information content (AvgIpc) is 3.01. The lowest BCUT2D eigenvalue weighted by Gasteiger charge is -2.08. The van der Waals surface area contributed by atoms with E-state index in [0.29, 0.717) is 29.5 Å². The zero-order valence-electron chi connectivity index (χ0n) is 15.5. The van der Waals surface area contributed by atoms with Gasteiger partial charge in [-0.1, -0.05) is 29.8 Å². The van der Waals surface area contributed by atoms with Gasteiger partial charge < -0.3 is 10.1 Å². The van der Waals surface area contributed by atoms with E-state index in [4.69, 9.17) is 16.3 Å². The maximum Gasteiger partial charge on any atom is 0.251 e. The molecule has 3 rings (SSSR count). The van der Waals surface area contributed by atoms with E-state index in [1.54, 1.807) is 24.3 Å². The third-order valence-corrected chi connectivity index (χ3v) is 5.17. The van der Waals surface area contributed by atoms with Gasteiger partial charge in [0.25, 0.3) is 5.91 Å². The molecule has 0 aliphatic rings. The second-order valence-electron chi connectivity index (χ2n) is 6.38. The first kappa shape index (κ1) is 20.4. The number of halogens is 2. The summed E-state index contributed by atoms with van der Waals surface area (Å²) >= 11 is 9.39. The molecule has 0 bridgehead atoms. The minimum Gasteiger partial charge on any atom is -0.489 e. The number of amides is 1. The van der Waals surface area contributed by atoms with Crippen LogP contribution in [-0.2, 0) is 13.2 Å². The molecule has 0 atom stereocenters. The van der Waals surface area contributed by atoms with Gasteiger partial charge in [0.2, 0.25) is 0 Å². The molecule has 1 aromatic heterocycles. The third kappa shape index (κ3) is 5.84. The fourth-order valence-electron chi connectivity index (χ4n) is 2.63. The Kier molecular flexibility index (Phi) is 7.12. The summed E-state index contributed by atoms with van der Waals surface area (Å²) in [6, 6.07) is 14.7. The second kappa shape index (κ2) is 9.75. The van der Waals surface area contributed by atoms with Crippen LogP contribution in [0.5, 0.6) is 5.75 Å². The smallest absolute Gasteiger partial charge is 0.251 e. The molecule has 2 aromatic carbocycles. The normalized spacial score (nSPS) is 10.7. The van der Waals surface area contributed by atoms with Crippen molar-refractivity contribution in [3.8, 4) is 5.75 Å². The predicted molar refractivity (Wildman–Crippen MR) is 114 cm³/mol.